The lowest BCUT2D eigenvalue weighted by Crippen LogP contribution is -2.41. The van der Waals surface area contributed by atoms with Crippen molar-refractivity contribution in [1.82, 2.24) is 10.6 Å². The summed E-state index contributed by atoms with van der Waals surface area (Å²) >= 11 is 1.30. The normalized spacial score (nSPS) is 11.8. The van der Waals surface area contributed by atoms with Gasteiger partial charge in [0.25, 0.3) is 5.91 Å². The zero-order valence-corrected chi connectivity index (χ0v) is 16.6. The summed E-state index contributed by atoms with van der Waals surface area (Å²) in [6.45, 7) is 4.41. The van der Waals surface area contributed by atoms with Crippen molar-refractivity contribution in [2.45, 2.75) is 26.9 Å². The molecule has 1 aromatic carbocycles. The minimum absolute atomic E-state index is 0.382. The molecule has 148 valence electrons. The van der Waals surface area contributed by atoms with Crippen molar-refractivity contribution in [3.63, 3.8) is 0 Å². The van der Waals surface area contributed by atoms with E-state index in [2.05, 4.69) is 10.6 Å². The van der Waals surface area contributed by atoms with E-state index in [0.717, 1.165) is 28.2 Å². The number of urea groups is 1. The highest BCUT2D eigenvalue weighted by Crippen LogP contribution is 2.42. The zero-order valence-electron chi connectivity index (χ0n) is 15.7. The van der Waals surface area contributed by atoms with E-state index in [0.29, 0.717) is 23.9 Å². The van der Waals surface area contributed by atoms with E-state index in [1.807, 2.05) is 38.1 Å². The highest BCUT2D eigenvalue weighted by molar-refractivity contribution is 7.17. The average Bonchev–Trinajstić information content (AvgIpc) is 3.10. The molecule has 2 heterocycles. The Bertz CT molecular complexity index is 890. The molecule has 0 saturated carbocycles. The number of ether oxygens (including phenoxy) is 2. The van der Waals surface area contributed by atoms with Crippen LogP contribution in [-0.2, 0) is 16.1 Å². The van der Waals surface area contributed by atoms with E-state index >= 15 is 0 Å². The second-order valence-electron chi connectivity index (χ2n) is 6.81. The smallest absolute Gasteiger partial charge is 0.348 e. The molecule has 0 aliphatic carbocycles. The topological polar surface area (TPSA) is 93.7 Å². The standard InChI is InChI=1S/C20H22N2O5S/c1-12(2)7-8-21-20(25)22-17(23)11-27-19(24)16-9-13-10-26-15-6-4-3-5-14(15)18(13)28-16/h3-6,9,12H,7-8,10-11H2,1-2H3,(H2,21,22,23,25). The number of amides is 3. The van der Waals surface area contributed by atoms with Crippen LogP contribution in [0.4, 0.5) is 4.79 Å². The van der Waals surface area contributed by atoms with Crippen LogP contribution in [0.5, 0.6) is 5.75 Å². The number of thiophene rings is 1. The molecule has 1 aliphatic rings. The molecular formula is C20H22N2O5S. The number of benzene rings is 1. The molecule has 8 heteroatoms. The van der Waals surface area contributed by atoms with Crippen LogP contribution in [-0.4, -0.2) is 31.1 Å². The predicted molar refractivity (Wildman–Crippen MR) is 105 cm³/mol. The molecule has 2 aromatic rings. The molecule has 0 fully saturated rings. The quantitative estimate of drug-likeness (QED) is 0.723. The molecule has 2 N–H and O–H groups in total. The van der Waals surface area contributed by atoms with E-state index in [9.17, 15) is 14.4 Å². The Balaban J connectivity index is 1.52. The van der Waals surface area contributed by atoms with E-state index in [1.54, 1.807) is 6.07 Å². The minimum Gasteiger partial charge on any atom is -0.488 e. The molecule has 0 spiro atoms. The lowest BCUT2D eigenvalue weighted by Gasteiger charge is -2.16. The average molecular weight is 402 g/mol. The summed E-state index contributed by atoms with van der Waals surface area (Å²) in [7, 11) is 0. The van der Waals surface area contributed by atoms with Gasteiger partial charge in [-0.2, -0.15) is 0 Å². The van der Waals surface area contributed by atoms with Gasteiger partial charge in [-0.05, 0) is 30.5 Å². The first kappa shape index (κ1) is 19.9. The molecule has 0 bridgehead atoms. The van der Waals surface area contributed by atoms with Gasteiger partial charge in [-0.1, -0.05) is 26.0 Å². The van der Waals surface area contributed by atoms with Gasteiger partial charge < -0.3 is 14.8 Å². The van der Waals surface area contributed by atoms with Crippen LogP contribution in [0.1, 0.15) is 35.5 Å². The Hall–Kier alpha value is -2.87. The summed E-state index contributed by atoms with van der Waals surface area (Å²) in [5, 5.41) is 4.72. The Labute approximate surface area is 167 Å². The number of carbonyl (C=O) groups is 3. The maximum absolute atomic E-state index is 12.3. The number of nitrogens with one attached hydrogen (secondary N) is 2. The van der Waals surface area contributed by atoms with E-state index in [-0.39, 0.29) is 0 Å². The first-order chi connectivity index (χ1) is 13.4. The number of rotatable bonds is 6. The first-order valence-corrected chi connectivity index (χ1v) is 9.85. The second kappa shape index (κ2) is 8.88. The highest BCUT2D eigenvalue weighted by Gasteiger charge is 2.23. The summed E-state index contributed by atoms with van der Waals surface area (Å²) in [6.07, 6.45) is 0.812. The fraction of sp³-hybridized carbons (Fsp3) is 0.350. The van der Waals surface area contributed by atoms with Gasteiger partial charge >= 0.3 is 12.0 Å². The summed E-state index contributed by atoms with van der Waals surface area (Å²) in [5.41, 5.74) is 1.84. The maximum atomic E-state index is 12.3. The third kappa shape index (κ3) is 4.89. The molecule has 0 unspecified atom stereocenters. The van der Waals surface area contributed by atoms with Crippen LogP contribution < -0.4 is 15.4 Å². The van der Waals surface area contributed by atoms with Crippen molar-refractivity contribution in [3.05, 3.63) is 40.8 Å². The Kier molecular flexibility index (Phi) is 6.30. The van der Waals surface area contributed by atoms with Gasteiger partial charge in [-0.3, -0.25) is 10.1 Å². The number of carbonyl (C=O) groups excluding carboxylic acids is 3. The zero-order chi connectivity index (χ0) is 20.1. The number of imide groups is 1. The van der Waals surface area contributed by atoms with Crippen molar-refractivity contribution in [1.29, 1.82) is 0 Å². The second-order valence-corrected chi connectivity index (χ2v) is 7.86. The third-order valence-corrected chi connectivity index (χ3v) is 5.31. The number of hydrogen-bond acceptors (Lipinski definition) is 6. The summed E-state index contributed by atoms with van der Waals surface area (Å²) in [5.74, 6) is -0.0526. The van der Waals surface area contributed by atoms with Crippen LogP contribution in [0.2, 0.25) is 0 Å². The summed E-state index contributed by atoms with van der Waals surface area (Å²) in [6, 6.07) is 8.74. The minimum atomic E-state index is -0.676. The molecule has 0 radical (unpaired) electrons. The Morgan fingerprint density at radius 3 is 2.82 bits per heavy atom. The van der Waals surface area contributed by atoms with Crippen LogP contribution in [0.25, 0.3) is 10.4 Å². The highest BCUT2D eigenvalue weighted by atomic mass is 32.1. The van der Waals surface area contributed by atoms with Gasteiger partial charge in [-0.15, -0.1) is 11.3 Å². The summed E-state index contributed by atoms with van der Waals surface area (Å²) < 4.78 is 10.7. The van der Waals surface area contributed by atoms with Gasteiger partial charge in [-0.25, -0.2) is 9.59 Å². The van der Waals surface area contributed by atoms with Crippen molar-refractivity contribution in [2.75, 3.05) is 13.2 Å². The predicted octanol–water partition coefficient (Wildman–Crippen LogP) is 3.34. The van der Waals surface area contributed by atoms with Gasteiger partial charge in [0.05, 0.1) is 0 Å². The van der Waals surface area contributed by atoms with Crippen molar-refractivity contribution in [2.24, 2.45) is 5.92 Å². The lowest BCUT2D eigenvalue weighted by atomic mass is 10.1. The fourth-order valence-corrected chi connectivity index (χ4v) is 3.77. The number of esters is 1. The molecule has 1 aromatic heterocycles. The molecule has 7 nitrogen and oxygen atoms in total. The van der Waals surface area contributed by atoms with E-state index in [1.165, 1.54) is 11.3 Å². The maximum Gasteiger partial charge on any atom is 0.348 e. The van der Waals surface area contributed by atoms with Crippen molar-refractivity contribution < 1.29 is 23.9 Å². The third-order valence-electron chi connectivity index (χ3n) is 4.12. The van der Waals surface area contributed by atoms with Gasteiger partial charge in [0.2, 0.25) is 0 Å². The van der Waals surface area contributed by atoms with Gasteiger partial charge in [0, 0.05) is 22.5 Å². The molecule has 3 amide bonds. The molecule has 3 rings (SSSR count). The Morgan fingerprint density at radius 2 is 2.04 bits per heavy atom. The van der Waals surface area contributed by atoms with Crippen LogP contribution in [0.15, 0.2) is 30.3 Å². The number of hydrogen-bond donors (Lipinski definition) is 2. The van der Waals surface area contributed by atoms with Crippen LogP contribution in [0.3, 0.4) is 0 Å². The molecule has 1 aliphatic heterocycles. The SMILES string of the molecule is CC(C)CCNC(=O)NC(=O)COC(=O)c1cc2c(s1)-c1ccccc1OC2. The molecule has 28 heavy (non-hydrogen) atoms. The van der Waals surface area contributed by atoms with Crippen LogP contribution >= 0.6 is 11.3 Å². The van der Waals surface area contributed by atoms with Crippen LogP contribution in [0, 0.1) is 5.92 Å². The van der Waals surface area contributed by atoms with E-state index < -0.39 is 24.5 Å². The number of para-hydroxylation sites is 1. The number of fused-ring (bicyclic) bond motifs is 3. The molecule has 0 saturated heterocycles. The molecule has 0 atom stereocenters. The fourth-order valence-electron chi connectivity index (χ4n) is 2.68. The monoisotopic (exact) mass is 402 g/mol. The van der Waals surface area contributed by atoms with Gasteiger partial charge in [0.1, 0.15) is 17.2 Å². The van der Waals surface area contributed by atoms with Crippen molar-refractivity contribution in [3.8, 4) is 16.2 Å². The largest absolute Gasteiger partial charge is 0.488 e. The summed E-state index contributed by atoms with van der Waals surface area (Å²) in [4.78, 5) is 37.0. The lowest BCUT2D eigenvalue weighted by molar-refractivity contribution is -0.123. The van der Waals surface area contributed by atoms with Gasteiger partial charge in [0.15, 0.2) is 6.61 Å². The van der Waals surface area contributed by atoms with E-state index in [4.69, 9.17) is 9.47 Å². The Morgan fingerprint density at radius 1 is 1.25 bits per heavy atom. The molecular weight excluding hydrogens is 380 g/mol. The first-order valence-electron chi connectivity index (χ1n) is 9.03. The van der Waals surface area contributed by atoms with Crippen molar-refractivity contribution >= 4 is 29.2 Å².